The van der Waals surface area contributed by atoms with E-state index >= 15 is 0 Å². The molecule has 1 amide bonds. The number of aromatic nitrogens is 2. The Hall–Kier alpha value is -2.83. The number of carbonyl (C=O) groups excluding carboxylic acids is 1. The highest BCUT2D eigenvalue weighted by molar-refractivity contribution is 5.93. The van der Waals surface area contributed by atoms with E-state index in [1.165, 1.54) is 12.4 Å². The molecule has 23 heavy (non-hydrogen) atoms. The van der Waals surface area contributed by atoms with Gasteiger partial charge < -0.3 is 20.1 Å². The molecule has 120 valence electrons. The summed E-state index contributed by atoms with van der Waals surface area (Å²) in [7, 11) is 0. The molecule has 1 aliphatic rings. The van der Waals surface area contributed by atoms with Crippen molar-refractivity contribution in [3.05, 3.63) is 36.2 Å². The molecule has 3 rings (SSSR count). The fourth-order valence-electron chi connectivity index (χ4n) is 2.01. The van der Waals surface area contributed by atoms with E-state index in [1.54, 1.807) is 0 Å². The molecule has 1 aromatic heterocycles. The summed E-state index contributed by atoms with van der Waals surface area (Å²) in [6, 6.07) is 5.48. The smallest absolute Gasteiger partial charge is 0.254 e. The first kappa shape index (κ1) is 15.1. The Balaban J connectivity index is 1.64. The lowest BCUT2D eigenvalue weighted by Gasteiger charge is -2.08. The lowest BCUT2D eigenvalue weighted by Crippen LogP contribution is -2.27. The van der Waals surface area contributed by atoms with Crippen LogP contribution < -0.4 is 20.1 Å². The van der Waals surface area contributed by atoms with E-state index in [1.807, 2.05) is 32.0 Å². The minimum absolute atomic E-state index is 0.173. The van der Waals surface area contributed by atoms with Crippen molar-refractivity contribution in [2.75, 3.05) is 18.7 Å². The molecule has 7 heteroatoms. The number of hydrogen-bond acceptors (Lipinski definition) is 6. The minimum Gasteiger partial charge on any atom is -0.454 e. The standard InChI is InChI=1S/C16H18N4O3/c1-10(2)6-17-15(21)11-7-18-16(19-8-11)20-12-3-4-13-14(5-12)23-9-22-13/h3-5,7-8,10H,6,9H2,1-2H3,(H,17,21)(H,18,19,20). The SMILES string of the molecule is CC(C)CNC(=O)c1cnc(Nc2ccc3c(c2)OCO3)nc1. The van der Waals surface area contributed by atoms with E-state index in [0.29, 0.717) is 35.5 Å². The molecule has 0 unspecified atom stereocenters. The van der Waals surface area contributed by atoms with Gasteiger partial charge in [-0.3, -0.25) is 4.79 Å². The predicted molar refractivity (Wildman–Crippen MR) is 85.1 cm³/mol. The van der Waals surface area contributed by atoms with E-state index in [9.17, 15) is 4.79 Å². The molecule has 0 fully saturated rings. The minimum atomic E-state index is -0.173. The number of rotatable bonds is 5. The number of hydrogen-bond donors (Lipinski definition) is 2. The number of carbonyl (C=O) groups is 1. The monoisotopic (exact) mass is 314 g/mol. The number of nitrogens with one attached hydrogen (secondary N) is 2. The highest BCUT2D eigenvalue weighted by atomic mass is 16.7. The van der Waals surface area contributed by atoms with Crippen LogP contribution in [0.1, 0.15) is 24.2 Å². The van der Waals surface area contributed by atoms with Crippen LogP contribution in [-0.4, -0.2) is 29.2 Å². The highest BCUT2D eigenvalue weighted by Crippen LogP contribution is 2.34. The molecular formula is C16H18N4O3. The zero-order valence-electron chi connectivity index (χ0n) is 13.0. The third-order valence-corrected chi connectivity index (χ3v) is 3.21. The summed E-state index contributed by atoms with van der Waals surface area (Å²) in [5, 5.41) is 5.89. The number of nitrogens with zero attached hydrogens (tertiary/aromatic N) is 2. The van der Waals surface area contributed by atoms with Crippen LogP contribution in [-0.2, 0) is 0 Å². The Labute approximate surface area is 134 Å². The molecule has 1 aliphatic heterocycles. The van der Waals surface area contributed by atoms with E-state index in [0.717, 1.165) is 5.69 Å². The van der Waals surface area contributed by atoms with Gasteiger partial charge in [-0.2, -0.15) is 0 Å². The van der Waals surface area contributed by atoms with Gasteiger partial charge in [0.2, 0.25) is 12.7 Å². The summed E-state index contributed by atoms with van der Waals surface area (Å²) in [6.07, 6.45) is 3.00. The van der Waals surface area contributed by atoms with Crippen molar-refractivity contribution in [1.82, 2.24) is 15.3 Å². The summed E-state index contributed by atoms with van der Waals surface area (Å²) >= 11 is 0. The van der Waals surface area contributed by atoms with Crippen LogP contribution in [0.2, 0.25) is 0 Å². The van der Waals surface area contributed by atoms with Crippen molar-refractivity contribution in [1.29, 1.82) is 0 Å². The van der Waals surface area contributed by atoms with Crippen molar-refractivity contribution < 1.29 is 14.3 Å². The molecule has 0 atom stereocenters. The Morgan fingerprint density at radius 3 is 2.70 bits per heavy atom. The Morgan fingerprint density at radius 2 is 1.96 bits per heavy atom. The lowest BCUT2D eigenvalue weighted by atomic mass is 10.2. The second kappa shape index (κ2) is 6.51. The molecule has 0 saturated carbocycles. The molecule has 7 nitrogen and oxygen atoms in total. The summed E-state index contributed by atoms with van der Waals surface area (Å²) < 4.78 is 10.6. The third kappa shape index (κ3) is 3.68. The van der Waals surface area contributed by atoms with Crippen LogP contribution in [0.3, 0.4) is 0 Å². The molecule has 0 aliphatic carbocycles. The van der Waals surface area contributed by atoms with E-state index in [-0.39, 0.29) is 12.7 Å². The Morgan fingerprint density at radius 1 is 1.22 bits per heavy atom. The van der Waals surface area contributed by atoms with Crippen LogP contribution in [0.15, 0.2) is 30.6 Å². The zero-order valence-corrected chi connectivity index (χ0v) is 13.0. The van der Waals surface area contributed by atoms with Crippen molar-refractivity contribution in [3.63, 3.8) is 0 Å². The van der Waals surface area contributed by atoms with Crippen LogP contribution in [0.25, 0.3) is 0 Å². The summed E-state index contributed by atoms with van der Waals surface area (Å²) in [6.45, 7) is 4.93. The lowest BCUT2D eigenvalue weighted by molar-refractivity contribution is 0.0948. The average molecular weight is 314 g/mol. The number of fused-ring (bicyclic) bond motifs is 1. The molecular weight excluding hydrogens is 296 g/mol. The average Bonchev–Trinajstić information content (AvgIpc) is 3.01. The van der Waals surface area contributed by atoms with Gasteiger partial charge in [0.1, 0.15) is 0 Å². The van der Waals surface area contributed by atoms with Crippen LogP contribution in [0.5, 0.6) is 11.5 Å². The van der Waals surface area contributed by atoms with Gasteiger partial charge in [0.05, 0.1) is 5.56 Å². The van der Waals surface area contributed by atoms with Gasteiger partial charge in [0, 0.05) is 30.7 Å². The first-order chi connectivity index (χ1) is 11.1. The summed E-state index contributed by atoms with van der Waals surface area (Å²) in [4.78, 5) is 20.2. The molecule has 0 saturated heterocycles. The predicted octanol–water partition coefficient (Wildman–Crippen LogP) is 2.33. The first-order valence-corrected chi connectivity index (χ1v) is 7.39. The maximum atomic E-state index is 11.9. The van der Waals surface area contributed by atoms with E-state index < -0.39 is 0 Å². The third-order valence-electron chi connectivity index (χ3n) is 3.21. The normalized spacial score (nSPS) is 12.3. The van der Waals surface area contributed by atoms with Gasteiger partial charge in [0.15, 0.2) is 11.5 Å². The molecule has 2 aromatic rings. The van der Waals surface area contributed by atoms with Crippen LogP contribution in [0.4, 0.5) is 11.6 Å². The fraction of sp³-hybridized carbons (Fsp3) is 0.312. The largest absolute Gasteiger partial charge is 0.454 e. The summed E-state index contributed by atoms with van der Waals surface area (Å²) in [5.41, 5.74) is 1.22. The van der Waals surface area contributed by atoms with Crippen LogP contribution >= 0.6 is 0 Å². The van der Waals surface area contributed by atoms with Crippen molar-refractivity contribution in [3.8, 4) is 11.5 Å². The quantitative estimate of drug-likeness (QED) is 0.881. The van der Waals surface area contributed by atoms with Gasteiger partial charge in [0.25, 0.3) is 5.91 Å². The molecule has 2 N–H and O–H groups in total. The van der Waals surface area contributed by atoms with Crippen molar-refractivity contribution >= 4 is 17.5 Å². The fourth-order valence-corrected chi connectivity index (χ4v) is 2.01. The topological polar surface area (TPSA) is 85.4 Å². The van der Waals surface area contributed by atoms with Gasteiger partial charge in [-0.15, -0.1) is 0 Å². The van der Waals surface area contributed by atoms with Gasteiger partial charge in [-0.1, -0.05) is 13.8 Å². The van der Waals surface area contributed by atoms with Crippen LogP contribution in [0, 0.1) is 5.92 Å². The Bertz CT molecular complexity index is 701. The van der Waals surface area contributed by atoms with Gasteiger partial charge in [-0.05, 0) is 18.1 Å². The van der Waals surface area contributed by atoms with Crippen molar-refractivity contribution in [2.24, 2.45) is 5.92 Å². The second-order valence-corrected chi connectivity index (χ2v) is 5.59. The molecule has 2 heterocycles. The molecule has 0 bridgehead atoms. The second-order valence-electron chi connectivity index (χ2n) is 5.59. The molecule has 0 radical (unpaired) electrons. The van der Waals surface area contributed by atoms with Gasteiger partial charge >= 0.3 is 0 Å². The van der Waals surface area contributed by atoms with E-state index in [2.05, 4.69) is 20.6 Å². The van der Waals surface area contributed by atoms with Crippen molar-refractivity contribution in [2.45, 2.75) is 13.8 Å². The number of ether oxygens (including phenoxy) is 2. The zero-order chi connectivity index (χ0) is 16.2. The Kier molecular flexibility index (Phi) is 4.27. The molecule has 1 aromatic carbocycles. The first-order valence-electron chi connectivity index (χ1n) is 7.39. The number of benzene rings is 1. The number of anilines is 2. The van der Waals surface area contributed by atoms with E-state index in [4.69, 9.17) is 9.47 Å². The highest BCUT2D eigenvalue weighted by Gasteiger charge is 2.13. The maximum absolute atomic E-state index is 11.9. The summed E-state index contributed by atoms with van der Waals surface area (Å²) in [5.74, 6) is 2.03. The maximum Gasteiger partial charge on any atom is 0.254 e. The molecule has 0 spiro atoms. The van der Waals surface area contributed by atoms with Gasteiger partial charge in [-0.25, -0.2) is 9.97 Å². The number of amides is 1.